The Labute approximate surface area is 284 Å². The Morgan fingerprint density at radius 3 is 1.49 bits per heavy atom. The van der Waals surface area contributed by atoms with Crippen molar-refractivity contribution in [3.8, 4) is 0 Å². The van der Waals surface area contributed by atoms with Crippen LogP contribution in [0.4, 0.5) is 0 Å². The third kappa shape index (κ3) is 17.5. The highest BCUT2D eigenvalue weighted by molar-refractivity contribution is 5.90. The highest BCUT2D eigenvalue weighted by atomic mass is 16.6. The fourth-order valence-corrected chi connectivity index (χ4v) is 5.84. The maximum absolute atomic E-state index is 13.3. The summed E-state index contributed by atoms with van der Waals surface area (Å²) >= 11 is 0. The first kappa shape index (κ1) is 40.0. The molecule has 2 N–H and O–H groups in total. The first-order chi connectivity index (χ1) is 23.0. The molecule has 0 radical (unpaired) electrons. The number of carbonyl (C=O) groups excluding carboxylic acids is 3. The number of unbranched alkanes of at least 4 members (excludes halogenated alkanes) is 15. The molecule has 0 unspecified atom stereocenters. The molecule has 0 saturated carbocycles. The van der Waals surface area contributed by atoms with E-state index in [1.165, 1.54) is 51.4 Å². The number of hydrogen-bond donors (Lipinski definition) is 2. The minimum absolute atomic E-state index is 0.222. The van der Waals surface area contributed by atoms with Gasteiger partial charge >= 0.3 is 11.9 Å². The molecule has 7 nitrogen and oxygen atoms in total. The van der Waals surface area contributed by atoms with E-state index in [0.29, 0.717) is 24.0 Å². The van der Waals surface area contributed by atoms with Crippen LogP contribution in [0.1, 0.15) is 157 Å². The molecule has 0 aliphatic heterocycles. The number of benzene rings is 2. The van der Waals surface area contributed by atoms with Crippen LogP contribution < -0.4 is 5.32 Å². The molecule has 1 amide bonds. The second-order valence-corrected chi connectivity index (χ2v) is 12.7. The van der Waals surface area contributed by atoms with Gasteiger partial charge in [-0.25, -0.2) is 9.59 Å². The van der Waals surface area contributed by atoms with Gasteiger partial charge in [-0.3, -0.25) is 4.79 Å². The van der Waals surface area contributed by atoms with Crippen LogP contribution in [0.25, 0.3) is 0 Å². The van der Waals surface area contributed by atoms with Crippen LogP contribution in [0.3, 0.4) is 0 Å². The fraction of sp³-hybridized carbons (Fsp3) is 0.625. The standard InChI is InChI=1S/C40H61NO6/c1-3-5-7-9-10-11-12-13-14-15-17-24-30-36(46-39(44)33-26-20-18-21-27-33)38(47-40(45)34-28-22-19-23-29-34)35(32-42)41-37(43)31-25-16-8-6-4-2/h18-23,26-29,35-36,38,42H,3-17,24-25,30-32H2,1-2H3,(H,41,43)/t35-,36+,38-/m0/s1. The lowest BCUT2D eigenvalue weighted by Crippen LogP contribution is -2.53. The summed E-state index contributed by atoms with van der Waals surface area (Å²) in [6.07, 6.45) is 18.1. The Bertz CT molecular complexity index is 1090. The van der Waals surface area contributed by atoms with E-state index in [4.69, 9.17) is 9.47 Å². The predicted molar refractivity (Wildman–Crippen MR) is 189 cm³/mol. The van der Waals surface area contributed by atoms with Gasteiger partial charge < -0.3 is 19.9 Å². The maximum atomic E-state index is 13.3. The lowest BCUT2D eigenvalue weighted by atomic mass is 9.98. The minimum atomic E-state index is -1.07. The lowest BCUT2D eigenvalue weighted by Gasteiger charge is -2.33. The Morgan fingerprint density at radius 2 is 1.02 bits per heavy atom. The second kappa shape index (κ2) is 25.8. The van der Waals surface area contributed by atoms with Gasteiger partial charge in [0.05, 0.1) is 23.8 Å². The van der Waals surface area contributed by atoms with Crippen molar-refractivity contribution < 1.29 is 29.0 Å². The van der Waals surface area contributed by atoms with E-state index in [1.807, 2.05) is 12.1 Å². The van der Waals surface area contributed by atoms with Crippen molar-refractivity contribution in [1.29, 1.82) is 0 Å². The van der Waals surface area contributed by atoms with Crippen LogP contribution in [-0.4, -0.2) is 47.8 Å². The summed E-state index contributed by atoms with van der Waals surface area (Å²) in [6, 6.07) is 16.4. The third-order valence-electron chi connectivity index (χ3n) is 8.68. The minimum Gasteiger partial charge on any atom is -0.455 e. The van der Waals surface area contributed by atoms with Crippen LogP contribution >= 0.6 is 0 Å². The third-order valence-corrected chi connectivity index (χ3v) is 8.68. The molecular weight excluding hydrogens is 590 g/mol. The summed E-state index contributed by atoms with van der Waals surface area (Å²) in [5.41, 5.74) is 0.729. The van der Waals surface area contributed by atoms with Gasteiger partial charge in [-0.15, -0.1) is 0 Å². The van der Waals surface area contributed by atoms with Gasteiger partial charge in [0.25, 0.3) is 0 Å². The van der Waals surface area contributed by atoms with E-state index in [-0.39, 0.29) is 5.91 Å². The smallest absolute Gasteiger partial charge is 0.338 e. The van der Waals surface area contributed by atoms with Crippen LogP contribution in [0.15, 0.2) is 60.7 Å². The highest BCUT2D eigenvalue weighted by Gasteiger charge is 2.36. The van der Waals surface area contributed by atoms with Gasteiger partial charge in [0.2, 0.25) is 5.91 Å². The fourth-order valence-electron chi connectivity index (χ4n) is 5.84. The number of esters is 2. The van der Waals surface area contributed by atoms with Crippen molar-refractivity contribution in [1.82, 2.24) is 5.32 Å². The molecule has 0 spiro atoms. The zero-order valence-electron chi connectivity index (χ0n) is 29.1. The summed E-state index contributed by atoms with van der Waals surface area (Å²) in [4.78, 5) is 39.6. The van der Waals surface area contributed by atoms with E-state index in [9.17, 15) is 19.5 Å². The molecule has 0 bridgehead atoms. The average Bonchev–Trinajstić information content (AvgIpc) is 3.10. The number of carbonyl (C=O) groups is 3. The molecule has 7 heteroatoms. The molecule has 0 aliphatic carbocycles. The molecule has 0 aliphatic rings. The zero-order chi connectivity index (χ0) is 34.0. The Balaban J connectivity index is 2.11. The maximum Gasteiger partial charge on any atom is 0.338 e. The summed E-state index contributed by atoms with van der Waals surface area (Å²) in [7, 11) is 0. The number of aliphatic hydroxyl groups is 1. The number of ether oxygens (including phenoxy) is 2. The van der Waals surface area contributed by atoms with Gasteiger partial charge in [0.1, 0.15) is 6.10 Å². The molecule has 0 fully saturated rings. The summed E-state index contributed by atoms with van der Waals surface area (Å²) in [5, 5.41) is 13.4. The molecule has 2 rings (SSSR count). The van der Waals surface area contributed by atoms with Crippen LogP contribution in [0.2, 0.25) is 0 Å². The van der Waals surface area contributed by atoms with Gasteiger partial charge in [0.15, 0.2) is 6.10 Å². The van der Waals surface area contributed by atoms with Gasteiger partial charge in [0, 0.05) is 6.42 Å². The van der Waals surface area contributed by atoms with E-state index in [2.05, 4.69) is 19.2 Å². The van der Waals surface area contributed by atoms with Crippen LogP contribution in [-0.2, 0) is 14.3 Å². The zero-order valence-corrected chi connectivity index (χ0v) is 29.1. The van der Waals surface area contributed by atoms with Crippen molar-refractivity contribution in [3.05, 3.63) is 71.8 Å². The van der Waals surface area contributed by atoms with Crippen LogP contribution in [0.5, 0.6) is 0 Å². The summed E-state index contributed by atoms with van der Waals surface area (Å²) in [6.45, 7) is 3.92. The van der Waals surface area contributed by atoms with Gasteiger partial charge in [-0.2, -0.15) is 0 Å². The average molecular weight is 652 g/mol. The van der Waals surface area contributed by atoms with Crippen molar-refractivity contribution in [2.75, 3.05) is 6.61 Å². The predicted octanol–water partition coefficient (Wildman–Crippen LogP) is 9.37. The van der Waals surface area contributed by atoms with Gasteiger partial charge in [-0.05, 0) is 43.5 Å². The SMILES string of the molecule is CCCCCCCCCCCCCC[C@@H](OC(=O)c1ccccc1)[C@@H](OC(=O)c1ccccc1)[C@H](CO)NC(=O)CCCCCCC. The van der Waals surface area contributed by atoms with E-state index in [0.717, 1.165) is 57.8 Å². The van der Waals surface area contributed by atoms with Crippen molar-refractivity contribution in [3.63, 3.8) is 0 Å². The normalized spacial score (nSPS) is 13.0. The van der Waals surface area contributed by atoms with Crippen LogP contribution in [0, 0.1) is 0 Å². The van der Waals surface area contributed by atoms with Gasteiger partial charge in [-0.1, -0.05) is 147 Å². The molecule has 0 saturated heterocycles. The Hall–Kier alpha value is -3.19. The molecule has 0 aromatic heterocycles. The topological polar surface area (TPSA) is 102 Å². The highest BCUT2D eigenvalue weighted by Crippen LogP contribution is 2.22. The summed E-state index contributed by atoms with van der Waals surface area (Å²) < 4.78 is 12.1. The number of hydrogen-bond acceptors (Lipinski definition) is 6. The first-order valence-electron chi connectivity index (χ1n) is 18.4. The Morgan fingerprint density at radius 1 is 0.596 bits per heavy atom. The number of rotatable bonds is 27. The molecule has 3 atom stereocenters. The molecule has 47 heavy (non-hydrogen) atoms. The summed E-state index contributed by atoms with van der Waals surface area (Å²) in [5.74, 6) is -1.35. The molecule has 2 aromatic carbocycles. The number of aliphatic hydroxyl groups excluding tert-OH is 1. The second-order valence-electron chi connectivity index (χ2n) is 12.7. The van der Waals surface area contributed by atoms with Crippen molar-refractivity contribution >= 4 is 17.8 Å². The molecular formula is C40H61NO6. The lowest BCUT2D eigenvalue weighted by molar-refractivity contribution is -0.124. The van der Waals surface area contributed by atoms with Crippen molar-refractivity contribution in [2.24, 2.45) is 0 Å². The van der Waals surface area contributed by atoms with E-state index < -0.39 is 36.8 Å². The number of nitrogens with one attached hydrogen (secondary N) is 1. The first-order valence-corrected chi connectivity index (χ1v) is 18.4. The molecule has 0 heterocycles. The largest absolute Gasteiger partial charge is 0.455 e. The quantitative estimate of drug-likeness (QED) is 0.0737. The van der Waals surface area contributed by atoms with E-state index in [1.54, 1.807) is 48.5 Å². The van der Waals surface area contributed by atoms with Crippen molar-refractivity contribution in [2.45, 2.75) is 154 Å². The monoisotopic (exact) mass is 651 g/mol. The molecule has 2 aromatic rings. The number of amides is 1. The van der Waals surface area contributed by atoms with E-state index >= 15 is 0 Å². The molecule has 262 valence electrons. The Kier molecular flexibility index (Phi) is 22.0.